The van der Waals surface area contributed by atoms with Crippen LogP contribution in [0.2, 0.25) is 5.28 Å². The molecule has 20 heavy (non-hydrogen) atoms. The molecule has 0 aromatic carbocycles. The van der Waals surface area contributed by atoms with Gasteiger partial charge in [0.05, 0.1) is 11.5 Å². The number of aromatic nitrogens is 3. The lowest BCUT2D eigenvalue weighted by Gasteiger charge is -2.07. The van der Waals surface area contributed by atoms with Gasteiger partial charge in [0.2, 0.25) is 5.28 Å². The summed E-state index contributed by atoms with van der Waals surface area (Å²) >= 11 is 5.69. The van der Waals surface area contributed by atoms with E-state index in [2.05, 4.69) is 15.0 Å². The zero-order valence-electron chi connectivity index (χ0n) is 10.6. The SMILES string of the molecule is Cc1nc(Cl)nc(OCCc2ccccn2)c1[N+](=O)[O-]. The van der Waals surface area contributed by atoms with Crippen LogP contribution >= 0.6 is 11.6 Å². The minimum Gasteiger partial charge on any atom is -0.472 e. The van der Waals surface area contributed by atoms with E-state index in [9.17, 15) is 10.1 Å². The normalized spacial score (nSPS) is 10.3. The van der Waals surface area contributed by atoms with Crippen LogP contribution in [0.5, 0.6) is 5.88 Å². The Morgan fingerprint density at radius 1 is 1.40 bits per heavy atom. The fourth-order valence-electron chi connectivity index (χ4n) is 1.62. The first kappa shape index (κ1) is 14.1. The van der Waals surface area contributed by atoms with Crippen LogP contribution in [-0.2, 0) is 6.42 Å². The highest BCUT2D eigenvalue weighted by Crippen LogP contribution is 2.28. The van der Waals surface area contributed by atoms with Crippen molar-refractivity contribution in [1.82, 2.24) is 15.0 Å². The minimum absolute atomic E-state index is 0.0825. The molecule has 0 saturated carbocycles. The van der Waals surface area contributed by atoms with E-state index in [-0.39, 0.29) is 29.2 Å². The molecule has 0 aliphatic rings. The minimum atomic E-state index is -0.582. The molecule has 104 valence electrons. The maximum absolute atomic E-state index is 11.0. The zero-order valence-corrected chi connectivity index (χ0v) is 11.4. The molecular weight excluding hydrogens is 284 g/mol. The van der Waals surface area contributed by atoms with Crippen LogP contribution in [0.25, 0.3) is 0 Å². The van der Waals surface area contributed by atoms with Gasteiger partial charge in [0.25, 0.3) is 5.88 Å². The number of pyridine rings is 1. The van der Waals surface area contributed by atoms with Crippen molar-refractivity contribution in [2.24, 2.45) is 0 Å². The lowest BCUT2D eigenvalue weighted by molar-refractivity contribution is -0.387. The summed E-state index contributed by atoms with van der Waals surface area (Å²) in [6.07, 6.45) is 2.18. The second kappa shape index (κ2) is 6.25. The third kappa shape index (κ3) is 3.39. The lowest BCUT2D eigenvalue weighted by atomic mass is 10.3. The van der Waals surface area contributed by atoms with Crippen molar-refractivity contribution in [1.29, 1.82) is 0 Å². The second-order valence-corrected chi connectivity index (χ2v) is 4.25. The second-order valence-electron chi connectivity index (χ2n) is 3.91. The molecule has 0 amide bonds. The summed E-state index contributed by atoms with van der Waals surface area (Å²) in [7, 11) is 0. The quantitative estimate of drug-likeness (QED) is 0.477. The summed E-state index contributed by atoms with van der Waals surface area (Å²) in [6, 6.07) is 5.51. The predicted octanol–water partition coefficient (Wildman–Crippen LogP) is 2.36. The number of ether oxygens (including phenoxy) is 1. The molecule has 0 fully saturated rings. The lowest BCUT2D eigenvalue weighted by Crippen LogP contribution is -2.08. The van der Waals surface area contributed by atoms with Gasteiger partial charge in [-0.05, 0) is 30.7 Å². The van der Waals surface area contributed by atoms with E-state index < -0.39 is 4.92 Å². The summed E-state index contributed by atoms with van der Waals surface area (Å²) < 4.78 is 5.35. The van der Waals surface area contributed by atoms with E-state index in [0.29, 0.717) is 6.42 Å². The highest BCUT2D eigenvalue weighted by Gasteiger charge is 2.23. The summed E-state index contributed by atoms with van der Waals surface area (Å²) in [5.74, 6) is -0.122. The van der Waals surface area contributed by atoms with Gasteiger partial charge in [0.15, 0.2) is 0 Å². The fourth-order valence-corrected chi connectivity index (χ4v) is 1.82. The Bertz CT molecular complexity index is 622. The van der Waals surface area contributed by atoms with Crippen LogP contribution in [-0.4, -0.2) is 26.5 Å². The van der Waals surface area contributed by atoms with E-state index in [4.69, 9.17) is 16.3 Å². The Labute approximate surface area is 119 Å². The van der Waals surface area contributed by atoms with Crippen LogP contribution in [0.15, 0.2) is 24.4 Å². The highest BCUT2D eigenvalue weighted by atomic mass is 35.5. The molecule has 0 unspecified atom stereocenters. The third-order valence-electron chi connectivity index (χ3n) is 2.50. The average Bonchev–Trinajstić information content (AvgIpc) is 2.38. The van der Waals surface area contributed by atoms with Gasteiger partial charge in [0, 0.05) is 18.3 Å². The largest absolute Gasteiger partial charge is 0.472 e. The molecule has 2 heterocycles. The number of nitrogens with zero attached hydrogens (tertiary/aromatic N) is 4. The molecular formula is C12H11ClN4O3. The first-order valence-electron chi connectivity index (χ1n) is 5.79. The van der Waals surface area contributed by atoms with E-state index >= 15 is 0 Å². The van der Waals surface area contributed by atoms with Crippen LogP contribution in [0.1, 0.15) is 11.4 Å². The van der Waals surface area contributed by atoms with E-state index in [0.717, 1.165) is 5.69 Å². The van der Waals surface area contributed by atoms with Gasteiger partial charge in [-0.25, -0.2) is 4.98 Å². The van der Waals surface area contributed by atoms with Gasteiger partial charge in [0.1, 0.15) is 5.69 Å². The summed E-state index contributed by atoms with van der Waals surface area (Å²) in [4.78, 5) is 22.0. The Kier molecular flexibility index (Phi) is 4.41. The number of hydrogen-bond donors (Lipinski definition) is 0. The molecule has 8 heteroatoms. The molecule has 0 saturated heterocycles. The van der Waals surface area contributed by atoms with Crippen molar-refractivity contribution in [3.63, 3.8) is 0 Å². The Morgan fingerprint density at radius 2 is 2.20 bits per heavy atom. The fraction of sp³-hybridized carbons (Fsp3) is 0.250. The molecule has 2 aromatic heterocycles. The van der Waals surface area contributed by atoms with Crippen LogP contribution < -0.4 is 4.74 Å². The molecule has 0 radical (unpaired) electrons. The number of nitro groups is 1. The van der Waals surface area contributed by atoms with Crippen molar-refractivity contribution in [3.8, 4) is 5.88 Å². The number of rotatable bonds is 5. The molecule has 7 nitrogen and oxygen atoms in total. The molecule has 0 atom stereocenters. The summed E-state index contributed by atoms with van der Waals surface area (Å²) in [6.45, 7) is 1.70. The van der Waals surface area contributed by atoms with E-state index in [1.165, 1.54) is 6.92 Å². The van der Waals surface area contributed by atoms with Gasteiger partial charge in [-0.15, -0.1) is 0 Å². The standard InChI is InChI=1S/C12H11ClN4O3/c1-8-10(17(18)19)11(16-12(13)15-8)20-7-5-9-4-2-3-6-14-9/h2-4,6H,5,7H2,1H3. The van der Waals surface area contributed by atoms with E-state index in [1.54, 1.807) is 6.20 Å². The first-order valence-corrected chi connectivity index (χ1v) is 6.17. The van der Waals surface area contributed by atoms with Gasteiger partial charge in [-0.2, -0.15) is 4.98 Å². The molecule has 0 aliphatic heterocycles. The van der Waals surface area contributed by atoms with Gasteiger partial charge < -0.3 is 4.74 Å². The third-order valence-corrected chi connectivity index (χ3v) is 2.67. The summed E-state index contributed by atoms with van der Waals surface area (Å²) in [5.41, 5.74) is 0.727. The Balaban J connectivity index is 2.11. The van der Waals surface area contributed by atoms with Crippen molar-refractivity contribution in [2.75, 3.05) is 6.61 Å². The molecule has 0 bridgehead atoms. The van der Waals surface area contributed by atoms with E-state index in [1.807, 2.05) is 18.2 Å². The number of aryl methyl sites for hydroxylation is 1. The van der Waals surface area contributed by atoms with Gasteiger partial charge in [-0.3, -0.25) is 15.1 Å². The number of hydrogen-bond acceptors (Lipinski definition) is 6. The highest BCUT2D eigenvalue weighted by molar-refractivity contribution is 6.28. The zero-order chi connectivity index (χ0) is 14.5. The van der Waals surface area contributed by atoms with Gasteiger partial charge in [-0.1, -0.05) is 6.07 Å². The van der Waals surface area contributed by atoms with Crippen LogP contribution in [0.3, 0.4) is 0 Å². The van der Waals surface area contributed by atoms with Crippen molar-refractivity contribution >= 4 is 17.3 Å². The molecule has 0 spiro atoms. The Hall–Kier alpha value is -2.28. The molecule has 2 aromatic rings. The van der Waals surface area contributed by atoms with Crippen molar-refractivity contribution in [3.05, 3.63) is 51.2 Å². The summed E-state index contributed by atoms with van der Waals surface area (Å²) in [5, 5.41) is 10.9. The topological polar surface area (TPSA) is 91.0 Å². The first-order chi connectivity index (χ1) is 9.58. The van der Waals surface area contributed by atoms with Crippen LogP contribution in [0, 0.1) is 17.0 Å². The Morgan fingerprint density at radius 3 is 2.85 bits per heavy atom. The van der Waals surface area contributed by atoms with Crippen LogP contribution in [0.4, 0.5) is 5.69 Å². The molecule has 0 aliphatic carbocycles. The maximum Gasteiger partial charge on any atom is 0.352 e. The van der Waals surface area contributed by atoms with Crippen molar-refractivity contribution in [2.45, 2.75) is 13.3 Å². The molecule has 0 N–H and O–H groups in total. The van der Waals surface area contributed by atoms with Gasteiger partial charge >= 0.3 is 5.69 Å². The molecule has 2 rings (SSSR count). The average molecular weight is 295 g/mol. The monoisotopic (exact) mass is 294 g/mol. The smallest absolute Gasteiger partial charge is 0.352 e. The number of halogens is 1. The predicted molar refractivity (Wildman–Crippen MR) is 71.9 cm³/mol. The maximum atomic E-state index is 11.0. The van der Waals surface area contributed by atoms with Crippen molar-refractivity contribution < 1.29 is 9.66 Å².